The van der Waals surface area contributed by atoms with Crippen LogP contribution in [0.4, 0.5) is 10.5 Å². The molecule has 0 aromatic heterocycles. The molecule has 1 fully saturated rings. The Bertz CT molecular complexity index is 827. The Morgan fingerprint density at radius 3 is 2.62 bits per heavy atom. The van der Waals surface area contributed by atoms with Gasteiger partial charge in [-0.1, -0.05) is 0 Å². The maximum atomic E-state index is 12.8. The topological polar surface area (TPSA) is 74.6 Å². The number of carbonyl (C=O) groups is 1. The Labute approximate surface area is 152 Å². The van der Waals surface area contributed by atoms with E-state index in [1.54, 1.807) is 38.5 Å². The molecule has 2 aromatic rings. The molecule has 3 rings (SSSR count). The van der Waals surface area contributed by atoms with Crippen molar-refractivity contribution >= 4 is 11.7 Å². The van der Waals surface area contributed by atoms with Crippen LogP contribution in [0, 0.1) is 11.3 Å². The van der Waals surface area contributed by atoms with Crippen molar-refractivity contribution in [3.8, 4) is 17.6 Å². The second-order valence-corrected chi connectivity index (χ2v) is 6.08. The predicted molar refractivity (Wildman–Crippen MR) is 98.4 cm³/mol. The Morgan fingerprint density at radius 1 is 1.19 bits per heavy atom. The summed E-state index contributed by atoms with van der Waals surface area (Å²) >= 11 is 0. The van der Waals surface area contributed by atoms with E-state index in [4.69, 9.17) is 14.7 Å². The van der Waals surface area contributed by atoms with Gasteiger partial charge in [0.15, 0.2) is 0 Å². The zero-order chi connectivity index (χ0) is 18.5. The highest BCUT2D eigenvalue weighted by molar-refractivity contribution is 5.90. The van der Waals surface area contributed by atoms with Crippen molar-refractivity contribution in [1.82, 2.24) is 4.90 Å². The number of benzene rings is 2. The van der Waals surface area contributed by atoms with E-state index in [0.717, 1.165) is 29.9 Å². The summed E-state index contributed by atoms with van der Waals surface area (Å²) in [5, 5.41) is 11.8. The Kier molecular flexibility index (Phi) is 5.28. The van der Waals surface area contributed by atoms with Gasteiger partial charge in [-0.25, -0.2) is 4.79 Å². The molecule has 6 heteroatoms. The minimum Gasteiger partial charge on any atom is -0.497 e. The quantitative estimate of drug-likeness (QED) is 0.905. The van der Waals surface area contributed by atoms with Crippen molar-refractivity contribution in [3.63, 3.8) is 0 Å². The standard InChI is InChI=1S/C20H21N3O3/c1-25-16-9-10-19(26-2)17(12-16)18-4-3-11-23(18)20(24)22-15-7-5-14(13-21)6-8-15/h5-10,12,18H,3-4,11H2,1-2H3,(H,22,24). The third kappa shape index (κ3) is 3.57. The van der Waals surface area contributed by atoms with Gasteiger partial charge in [-0.15, -0.1) is 0 Å². The SMILES string of the molecule is COc1ccc(OC)c(C2CCCN2C(=O)Nc2ccc(C#N)cc2)c1. The smallest absolute Gasteiger partial charge is 0.322 e. The number of hydrogen-bond acceptors (Lipinski definition) is 4. The molecule has 0 bridgehead atoms. The molecule has 2 aromatic carbocycles. The highest BCUT2D eigenvalue weighted by Crippen LogP contribution is 2.39. The van der Waals surface area contributed by atoms with Gasteiger partial charge in [0, 0.05) is 17.8 Å². The van der Waals surface area contributed by atoms with Crippen molar-refractivity contribution in [2.75, 3.05) is 26.1 Å². The molecule has 2 amide bonds. The van der Waals surface area contributed by atoms with Crippen LogP contribution in [0.2, 0.25) is 0 Å². The molecule has 1 aliphatic heterocycles. The number of nitriles is 1. The van der Waals surface area contributed by atoms with Crippen LogP contribution in [0.1, 0.15) is 30.0 Å². The van der Waals surface area contributed by atoms with Crippen LogP contribution in [-0.2, 0) is 0 Å². The molecular weight excluding hydrogens is 330 g/mol. The van der Waals surface area contributed by atoms with Gasteiger partial charge < -0.3 is 19.7 Å². The molecule has 1 aliphatic rings. The summed E-state index contributed by atoms with van der Waals surface area (Å²) in [5.74, 6) is 1.48. The van der Waals surface area contributed by atoms with Crippen LogP contribution in [0.15, 0.2) is 42.5 Å². The van der Waals surface area contributed by atoms with Crippen LogP contribution in [0.5, 0.6) is 11.5 Å². The number of methoxy groups -OCH3 is 2. The fraction of sp³-hybridized carbons (Fsp3) is 0.300. The third-order valence-corrected chi connectivity index (χ3v) is 4.57. The van der Waals surface area contributed by atoms with Gasteiger partial charge in [0.25, 0.3) is 0 Å². The van der Waals surface area contributed by atoms with Crippen molar-refractivity contribution in [2.45, 2.75) is 18.9 Å². The molecule has 0 aliphatic carbocycles. The summed E-state index contributed by atoms with van der Waals surface area (Å²) < 4.78 is 10.8. The van der Waals surface area contributed by atoms with Gasteiger partial charge in [0.2, 0.25) is 0 Å². The number of nitrogens with zero attached hydrogens (tertiary/aromatic N) is 2. The number of anilines is 1. The molecule has 1 saturated heterocycles. The van der Waals surface area contributed by atoms with Gasteiger partial charge in [0.05, 0.1) is 31.9 Å². The number of amides is 2. The fourth-order valence-corrected chi connectivity index (χ4v) is 3.26. The van der Waals surface area contributed by atoms with E-state index in [1.807, 2.05) is 23.1 Å². The summed E-state index contributed by atoms with van der Waals surface area (Å²) in [6.07, 6.45) is 1.79. The summed E-state index contributed by atoms with van der Waals surface area (Å²) in [7, 11) is 3.25. The Hall–Kier alpha value is -3.20. The molecule has 1 N–H and O–H groups in total. The van der Waals surface area contributed by atoms with Crippen LogP contribution >= 0.6 is 0 Å². The molecule has 26 heavy (non-hydrogen) atoms. The van der Waals surface area contributed by atoms with Crippen molar-refractivity contribution < 1.29 is 14.3 Å². The third-order valence-electron chi connectivity index (χ3n) is 4.57. The van der Waals surface area contributed by atoms with E-state index in [1.165, 1.54) is 0 Å². The van der Waals surface area contributed by atoms with Crippen LogP contribution in [0.25, 0.3) is 0 Å². The molecule has 6 nitrogen and oxygen atoms in total. The summed E-state index contributed by atoms with van der Waals surface area (Å²) in [5.41, 5.74) is 2.17. The highest BCUT2D eigenvalue weighted by Gasteiger charge is 2.32. The zero-order valence-corrected chi connectivity index (χ0v) is 14.9. The lowest BCUT2D eigenvalue weighted by molar-refractivity contribution is 0.206. The van der Waals surface area contributed by atoms with Gasteiger partial charge in [-0.2, -0.15) is 5.26 Å². The Balaban J connectivity index is 1.81. The highest BCUT2D eigenvalue weighted by atomic mass is 16.5. The second kappa shape index (κ2) is 7.79. The summed E-state index contributed by atoms with van der Waals surface area (Å²) in [4.78, 5) is 14.6. The van der Waals surface area contributed by atoms with Crippen LogP contribution < -0.4 is 14.8 Å². The molecular formula is C20H21N3O3. The number of urea groups is 1. The average molecular weight is 351 g/mol. The van der Waals surface area contributed by atoms with E-state index < -0.39 is 0 Å². The maximum absolute atomic E-state index is 12.8. The molecule has 0 radical (unpaired) electrons. The number of nitrogens with one attached hydrogen (secondary N) is 1. The largest absolute Gasteiger partial charge is 0.497 e. The monoisotopic (exact) mass is 351 g/mol. The van der Waals surface area contributed by atoms with Gasteiger partial charge in [0.1, 0.15) is 11.5 Å². The number of rotatable bonds is 4. The van der Waals surface area contributed by atoms with E-state index in [-0.39, 0.29) is 12.1 Å². The van der Waals surface area contributed by atoms with Gasteiger partial charge in [-0.3, -0.25) is 0 Å². The molecule has 1 atom stereocenters. The lowest BCUT2D eigenvalue weighted by Crippen LogP contribution is -2.34. The molecule has 1 heterocycles. The minimum absolute atomic E-state index is 0.0709. The lowest BCUT2D eigenvalue weighted by atomic mass is 10.0. The average Bonchev–Trinajstić information content (AvgIpc) is 3.18. The second-order valence-electron chi connectivity index (χ2n) is 6.08. The van der Waals surface area contributed by atoms with Crippen molar-refractivity contribution in [2.24, 2.45) is 0 Å². The molecule has 0 spiro atoms. The van der Waals surface area contributed by atoms with Crippen LogP contribution in [-0.4, -0.2) is 31.7 Å². The molecule has 134 valence electrons. The molecule has 0 saturated carbocycles. The summed E-state index contributed by atoms with van der Waals surface area (Å²) in [6, 6.07) is 14.3. The predicted octanol–water partition coefficient (Wildman–Crippen LogP) is 3.94. The van der Waals surface area contributed by atoms with E-state index in [2.05, 4.69) is 11.4 Å². The first-order chi connectivity index (χ1) is 12.7. The fourth-order valence-electron chi connectivity index (χ4n) is 3.26. The lowest BCUT2D eigenvalue weighted by Gasteiger charge is -2.27. The number of hydrogen-bond donors (Lipinski definition) is 1. The van der Waals surface area contributed by atoms with Gasteiger partial charge in [-0.05, 0) is 55.3 Å². The number of ether oxygens (including phenoxy) is 2. The van der Waals surface area contributed by atoms with Gasteiger partial charge >= 0.3 is 6.03 Å². The minimum atomic E-state index is -0.165. The van der Waals surface area contributed by atoms with E-state index in [9.17, 15) is 4.79 Å². The van der Waals surface area contributed by atoms with Crippen LogP contribution in [0.3, 0.4) is 0 Å². The maximum Gasteiger partial charge on any atom is 0.322 e. The Morgan fingerprint density at radius 2 is 1.96 bits per heavy atom. The zero-order valence-electron chi connectivity index (χ0n) is 14.9. The molecule has 1 unspecified atom stereocenters. The first-order valence-electron chi connectivity index (χ1n) is 8.46. The normalized spacial score (nSPS) is 16.0. The first kappa shape index (κ1) is 17.6. The van der Waals surface area contributed by atoms with E-state index >= 15 is 0 Å². The number of carbonyl (C=O) groups excluding carboxylic acids is 1. The number of likely N-dealkylation sites (tertiary alicyclic amines) is 1. The van der Waals surface area contributed by atoms with Crippen molar-refractivity contribution in [3.05, 3.63) is 53.6 Å². The summed E-state index contributed by atoms with van der Waals surface area (Å²) in [6.45, 7) is 0.674. The van der Waals surface area contributed by atoms with E-state index in [0.29, 0.717) is 17.8 Å². The van der Waals surface area contributed by atoms with Crippen molar-refractivity contribution in [1.29, 1.82) is 5.26 Å². The first-order valence-corrected chi connectivity index (χ1v) is 8.46.